The molecule has 0 radical (unpaired) electrons. The number of piperidine rings is 1. The van der Waals surface area contributed by atoms with Gasteiger partial charge in [0.15, 0.2) is 0 Å². The van der Waals surface area contributed by atoms with Crippen LogP contribution in [0.1, 0.15) is 41.9 Å². The van der Waals surface area contributed by atoms with E-state index in [9.17, 15) is 4.79 Å². The Labute approximate surface area is 159 Å². The van der Waals surface area contributed by atoms with Gasteiger partial charge in [0.2, 0.25) is 5.95 Å². The molecule has 1 amide bonds. The number of hydrogen-bond donors (Lipinski definition) is 0. The van der Waals surface area contributed by atoms with Crippen LogP contribution in [0.5, 0.6) is 0 Å². The number of likely N-dealkylation sites (tertiary alicyclic amines) is 1. The van der Waals surface area contributed by atoms with E-state index < -0.39 is 0 Å². The Balaban J connectivity index is 1.44. The molecule has 2 saturated heterocycles. The molecule has 27 heavy (non-hydrogen) atoms. The third-order valence-corrected chi connectivity index (χ3v) is 5.34. The molecule has 1 unspecified atom stereocenters. The fourth-order valence-corrected chi connectivity index (χ4v) is 3.86. The molecule has 8 heteroatoms. The molecule has 0 saturated carbocycles. The third-order valence-electron chi connectivity index (χ3n) is 5.34. The number of morpholine rings is 1. The summed E-state index contributed by atoms with van der Waals surface area (Å²) in [5.74, 6) is 2.03. The summed E-state index contributed by atoms with van der Waals surface area (Å²) < 4.78 is 7.52. The minimum Gasteiger partial charge on any atom is -0.378 e. The number of ether oxygens (including phenoxy) is 1. The zero-order chi connectivity index (χ0) is 18.6. The van der Waals surface area contributed by atoms with Crippen molar-refractivity contribution in [2.24, 2.45) is 0 Å². The molecule has 1 atom stereocenters. The van der Waals surface area contributed by atoms with E-state index in [-0.39, 0.29) is 11.8 Å². The summed E-state index contributed by atoms with van der Waals surface area (Å²) >= 11 is 0. The van der Waals surface area contributed by atoms with Crippen molar-refractivity contribution in [1.29, 1.82) is 0 Å². The normalized spacial score (nSPS) is 20.7. The molecule has 0 aliphatic carbocycles. The molecular weight excluding hydrogens is 344 g/mol. The Morgan fingerprint density at radius 1 is 1.19 bits per heavy atom. The first kappa shape index (κ1) is 17.9. The second kappa shape index (κ2) is 8.04. The Bertz CT molecular complexity index is 769. The molecular formula is C19H26N6O2. The van der Waals surface area contributed by atoms with Gasteiger partial charge in [-0.25, -0.2) is 15.0 Å². The second-order valence-electron chi connectivity index (χ2n) is 7.03. The number of aromatic nitrogens is 4. The van der Waals surface area contributed by atoms with E-state index in [1.807, 2.05) is 17.3 Å². The molecule has 0 spiro atoms. The quantitative estimate of drug-likeness (QED) is 0.813. The molecule has 2 aromatic heterocycles. The molecule has 2 aliphatic heterocycles. The Morgan fingerprint density at radius 3 is 2.70 bits per heavy atom. The van der Waals surface area contributed by atoms with Crippen molar-refractivity contribution < 1.29 is 9.53 Å². The standard InChI is InChI=1S/C19H26N6O2/c1-2-23-7-5-20-17(23)15-4-3-6-25(14-15)18(26)16-12-21-19(22-13-16)24-8-10-27-11-9-24/h5,7,12-13,15H,2-4,6,8-11,14H2,1H3. The van der Waals surface area contributed by atoms with Gasteiger partial charge in [0.05, 0.1) is 18.8 Å². The molecule has 144 valence electrons. The Kier molecular flexibility index (Phi) is 5.33. The number of carbonyl (C=O) groups excluding carboxylic acids is 1. The molecule has 4 heterocycles. The SMILES string of the molecule is CCn1ccnc1C1CCCN(C(=O)c2cnc(N3CCOCC3)nc2)C1. The molecule has 0 bridgehead atoms. The number of aryl methyl sites for hydroxylation is 1. The van der Waals surface area contributed by atoms with Gasteiger partial charge in [0.25, 0.3) is 5.91 Å². The van der Waals surface area contributed by atoms with Crippen LogP contribution in [0.4, 0.5) is 5.95 Å². The lowest BCUT2D eigenvalue weighted by molar-refractivity contribution is 0.0702. The van der Waals surface area contributed by atoms with Crippen molar-refractivity contribution in [1.82, 2.24) is 24.4 Å². The fraction of sp³-hybridized carbons (Fsp3) is 0.579. The van der Waals surface area contributed by atoms with Gasteiger partial charge in [-0.15, -0.1) is 0 Å². The van der Waals surface area contributed by atoms with E-state index in [1.54, 1.807) is 12.4 Å². The van der Waals surface area contributed by atoms with Crippen molar-refractivity contribution in [3.63, 3.8) is 0 Å². The van der Waals surface area contributed by atoms with Crippen molar-refractivity contribution >= 4 is 11.9 Å². The largest absolute Gasteiger partial charge is 0.378 e. The van der Waals surface area contributed by atoms with E-state index in [1.165, 1.54) is 0 Å². The first-order valence-electron chi connectivity index (χ1n) is 9.71. The van der Waals surface area contributed by atoms with E-state index in [0.717, 1.165) is 44.8 Å². The number of rotatable bonds is 4. The second-order valence-corrected chi connectivity index (χ2v) is 7.03. The van der Waals surface area contributed by atoms with E-state index in [0.29, 0.717) is 31.3 Å². The monoisotopic (exact) mass is 370 g/mol. The number of hydrogen-bond acceptors (Lipinski definition) is 6. The van der Waals surface area contributed by atoms with Gasteiger partial charge in [-0.3, -0.25) is 4.79 Å². The molecule has 4 rings (SSSR count). The number of nitrogens with zero attached hydrogens (tertiary/aromatic N) is 6. The van der Waals surface area contributed by atoms with Crippen molar-refractivity contribution in [3.05, 3.63) is 36.2 Å². The van der Waals surface area contributed by atoms with Crippen molar-refractivity contribution in [3.8, 4) is 0 Å². The summed E-state index contributed by atoms with van der Waals surface area (Å²) in [6, 6.07) is 0. The van der Waals surface area contributed by atoms with Gasteiger partial charge in [0.1, 0.15) is 5.82 Å². The fourth-order valence-electron chi connectivity index (χ4n) is 3.86. The first-order chi connectivity index (χ1) is 13.3. The maximum Gasteiger partial charge on any atom is 0.257 e. The highest BCUT2D eigenvalue weighted by Crippen LogP contribution is 2.26. The molecule has 8 nitrogen and oxygen atoms in total. The molecule has 0 aromatic carbocycles. The topological polar surface area (TPSA) is 76.4 Å². The minimum absolute atomic E-state index is 0.00262. The molecule has 2 aliphatic rings. The minimum atomic E-state index is 0.00262. The lowest BCUT2D eigenvalue weighted by Gasteiger charge is -2.32. The average molecular weight is 370 g/mol. The van der Waals surface area contributed by atoms with Crippen LogP contribution in [0.2, 0.25) is 0 Å². The number of imidazole rings is 1. The van der Waals surface area contributed by atoms with Gasteiger partial charge >= 0.3 is 0 Å². The van der Waals surface area contributed by atoms with Crippen LogP contribution in [-0.2, 0) is 11.3 Å². The van der Waals surface area contributed by atoms with Gasteiger partial charge in [-0.2, -0.15) is 0 Å². The van der Waals surface area contributed by atoms with Crippen molar-refractivity contribution in [2.75, 3.05) is 44.3 Å². The van der Waals surface area contributed by atoms with Gasteiger partial charge in [-0.1, -0.05) is 0 Å². The van der Waals surface area contributed by atoms with Gasteiger partial charge < -0.3 is 19.1 Å². The summed E-state index contributed by atoms with van der Waals surface area (Å²) in [6.07, 6.45) is 9.20. The molecule has 2 fully saturated rings. The number of amides is 1. The van der Waals surface area contributed by atoms with Crippen LogP contribution >= 0.6 is 0 Å². The van der Waals surface area contributed by atoms with E-state index >= 15 is 0 Å². The van der Waals surface area contributed by atoms with Crippen LogP contribution in [0, 0.1) is 0 Å². The molecule has 2 aromatic rings. The summed E-state index contributed by atoms with van der Waals surface area (Å²) in [5.41, 5.74) is 0.548. The zero-order valence-electron chi connectivity index (χ0n) is 15.8. The van der Waals surface area contributed by atoms with E-state index in [2.05, 4.69) is 31.3 Å². The summed E-state index contributed by atoms with van der Waals surface area (Å²) in [7, 11) is 0. The van der Waals surface area contributed by atoms with Gasteiger partial charge in [0, 0.05) is 63.4 Å². The van der Waals surface area contributed by atoms with Crippen molar-refractivity contribution in [2.45, 2.75) is 32.2 Å². The predicted octanol–water partition coefficient (Wildman–Crippen LogP) is 1.55. The number of carbonyl (C=O) groups is 1. The maximum atomic E-state index is 12.9. The smallest absolute Gasteiger partial charge is 0.257 e. The highest BCUT2D eigenvalue weighted by Gasteiger charge is 2.28. The van der Waals surface area contributed by atoms with Crippen LogP contribution in [-0.4, -0.2) is 69.7 Å². The lowest BCUT2D eigenvalue weighted by atomic mass is 9.96. The highest BCUT2D eigenvalue weighted by molar-refractivity contribution is 5.93. The molecule has 0 N–H and O–H groups in total. The lowest BCUT2D eigenvalue weighted by Crippen LogP contribution is -2.40. The predicted molar refractivity (Wildman–Crippen MR) is 101 cm³/mol. The number of anilines is 1. The van der Waals surface area contributed by atoms with Crippen LogP contribution < -0.4 is 4.90 Å². The Hall–Kier alpha value is -2.48. The Morgan fingerprint density at radius 2 is 1.96 bits per heavy atom. The zero-order valence-corrected chi connectivity index (χ0v) is 15.8. The average Bonchev–Trinajstić information content (AvgIpc) is 3.23. The summed E-state index contributed by atoms with van der Waals surface area (Å²) in [6.45, 7) is 7.42. The van der Waals surface area contributed by atoms with Crippen LogP contribution in [0.3, 0.4) is 0 Å². The maximum absolute atomic E-state index is 12.9. The van der Waals surface area contributed by atoms with E-state index in [4.69, 9.17) is 4.74 Å². The third kappa shape index (κ3) is 3.80. The van der Waals surface area contributed by atoms with Gasteiger partial charge in [-0.05, 0) is 19.8 Å². The van der Waals surface area contributed by atoms with Crippen LogP contribution in [0.15, 0.2) is 24.8 Å². The summed E-state index contributed by atoms with van der Waals surface area (Å²) in [5, 5.41) is 0. The summed E-state index contributed by atoms with van der Waals surface area (Å²) in [4.78, 5) is 30.3. The van der Waals surface area contributed by atoms with Crippen LogP contribution in [0.25, 0.3) is 0 Å². The first-order valence-corrected chi connectivity index (χ1v) is 9.71. The highest BCUT2D eigenvalue weighted by atomic mass is 16.5.